The van der Waals surface area contributed by atoms with Gasteiger partial charge in [-0.1, -0.05) is 0 Å². The lowest BCUT2D eigenvalue weighted by atomic mass is 9.79. The Bertz CT molecular complexity index is 544. The third-order valence-corrected chi connectivity index (χ3v) is 5.37. The van der Waals surface area contributed by atoms with Crippen LogP contribution in [0.2, 0.25) is 0 Å². The summed E-state index contributed by atoms with van der Waals surface area (Å²) in [6.07, 6.45) is 8.14. The molecular formula is C17H28N4O2. The molecule has 0 bridgehead atoms. The van der Waals surface area contributed by atoms with Crippen LogP contribution in [0.25, 0.3) is 0 Å². The third kappa shape index (κ3) is 3.58. The smallest absolute Gasteiger partial charge is 0.228 e. The molecule has 1 atom stereocenters. The van der Waals surface area contributed by atoms with Gasteiger partial charge in [-0.2, -0.15) is 5.10 Å². The second-order valence-corrected chi connectivity index (χ2v) is 6.97. The van der Waals surface area contributed by atoms with Gasteiger partial charge in [-0.15, -0.1) is 0 Å². The normalized spacial score (nSPS) is 26.2. The van der Waals surface area contributed by atoms with Crippen LogP contribution in [0.4, 0.5) is 0 Å². The van der Waals surface area contributed by atoms with Gasteiger partial charge in [-0.25, -0.2) is 0 Å². The summed E-state index contributed by atoms with van der Waals surface area (Å²) in [6, 6.07) is 0. The van der Waals surface area contributed by atoms with Crippen molar-refractivity contribution in [3.8, 4) is 0 Å². The van der Waals surface area contributed by atoms with Gasteiger partial charge in [0.15, 0.2) is 0 Å². The van der Waals surface area contributed by atoms with Gasteiger partial charge >= 0.3 is 0 Å². The molecule has 6 nitrogen and oxygen atoms in total. The molecule has 1 spiro atoms. The fraction of sp³-hybridized carbons (Fsp3) is 0.765. The number of carbonyl (C=O) groups excluding carboxylic acids is 1. The van der Waals surface area contributed by atoms with Crippen molar-refractivity contribution < 1.29 is 9.53 Å². The monoisotopic (exact) mass is 320 g/mol. The fourth-order valence-electron chi connectivity index (χ4n) is 3.99. The number of nitrogens with zero attached hydrogens (tertiary/aromatic N) is 4. The van der Waals surface area contributed by atoms with E-state index in [4.69, 9.17) is 4.74 Å². The predicted octanol–water partition coefficient (Wildman–Crippen LogP) is 1.27. The van der Waals surface area contributed by atoms with Crippen molar-refractivity contribution in [2.45, 2.75) is 32.2 Å². The summed E-state index contributed by atoms with van der Waals surface area (Å²) in [4.78, 5) is 17.3. The zero-order chi connectivity index (χ0) is 16.3. The molecule has 1 aromatic heterocycles. The molecule has 128 valence electrons. The fourth-order valence-corrected chi connectivity index (χ4v) is 3.99. The Hall–Kier alpha value is -1.40. The van der Waals surface area contributed by atoms with Gasteiger partial charge < -0.3 is 9.64 Å². The van der Waals surface area contributed by atoms with E-state index in [0.717, 1.165) is 58.4 Å². The molecule has 0 radical (unpaired) electrons. The maximum atomic E-state index is 12.8. The predicted molar refractivity (Wildman–Crippen MR) is 87.8 cm³/mol. The van der Waals surface area contributed by atoms with Gasteiger partial charge in [0.2, 0.25) is 5.91 Å². The molecule has 2 fully saturated rings. The molecule has 0 N–H and O–H groups in total. The maximum absolute atomic E-state index is 12.8. The van der Waals surface area contributed by atoms with Crippen LogP contribution in [-0.4, -0.2) is 65.4 Å². The van der Waals surface area contributed by atoms with Gasteiger partial charge in [0.25, 0.3) is 0 Å². The summed E-state index contributed by atoms with van der Waals surface area (Å²) < 4.78 is 6.98. The summed E-state index contributed by atoms with van der Waals surface area (Å²) >= 11 is 0. The van der Waals surface area contributed by atoms with Gasteiger partial charge in [-0.05, 0) is 38.8 Å². The molecule has 0 saturated carbocycles. The molecule has 2 aliphatic heterocycles. The number of aryl methyl sites for hydroxylation is 1. The lowest BCUT2D eigenvalue weighted by Crippen LogP contribution is -2.37. The van der Waals surface area contributed by atoms with Crippen LogP contribution in [0.3, 0.4) is 0 Å². The highest BCUT2D eigenvalue weighted by molar-refractivity contribution is 5.84. The number of hydrogen-bond donors (Lipinski definition) is 0. The molecule has 1 aromatic rings. The molecular weight excluding hydrogens is 292 g/mol. The first-order chi connectivity index (χ1) is 11.1. The van der Waals surface area contributed by atoms with E-state index in [1.54, 1.807) is 7.11 Å². The van der Waals surface area contributed by atoms with Crippen molar-refractivity contribution in [1.29, 1.82) is 0 Å². The third-order valence-electron chi connectivity index (χ3n) is 5.37. The highest BCUT2D eigenvalue weighted by Crippen LogP contribution is 2.41. The lowest BCUT2D eigenvalue weighted by Gasteiger charge is -2.26. The number of rotatable bonds is 5. The first kappa shape index (κ1) is 16.5. The molecule has 23 heavy (non-hydrogen) atoms. The molecule has 0 aliphatic carbocycles. The number of aromatic nitrogens is 2. The zero-order valence-corrected chi connectivity index (χ0v) is 14.3. The Morgan fingerprint density at radius 1 is 1.26 bits per heavy atom. The van der Waals surface area contributed by atoms with Crippen molar-refractivity contribution in [2.75, 3.05) is 39.9 Å². The van der Waals surface area contributed by atoms with Crippen molar-refractivity contribution in [3.05, 3.63) is 18.0 Å². The molecule has 1 unspecified atom stereocenters. The van der Waals surface area contributed by atoms with E-state index in [2.05, 4.69) is 16.2 Å². The number of methoxy groups -OCH3 is 1. The van der Waals surface area contributed by atoms with E-state index >= 15 is 0 Å². The average molecular weight is 320 g/mol. The number of ether oxygens (including phenoxy) is 1. The summed E-state index contributed by atoms with van der Waals surface area (Å²) in [5.41, 5.74) is 1.14. The summed E-state index contributed by atoms with van der Waals surface area (Å²) in [5.74, 6) is 0.359. The number of amides is 1. The van der Waals surface area contributed by atoms with Gasteiger partial charge in [0.1, 0.15) is 0 Å². The Morgan fingerprint density at radius 2 is 2.09 bits per heavy atom. The van der Waals surface area contributed by atoms with E-state index in [9.17, 15) is 4.79 Å². The van der Waals surface area contributed by atoms with Gasteiger partial charge in [0, 0.05) is 45.6 Å². The largest absolute Gasteiger partial charge is 0.383 e. The van der Waals surface area contributed by atoms with Crippen LogP contribution in [0.1, 0.15) is 31.2 Å². The van der Waals surface area contributed by atoms with E-state index in [1.807, 2.05) is 22.8 Å². The SMILES string of the molecule is COCCN1CCC2(CCCN(Cc3cnn(C)c3)CC2)C1=O. The molecule has 2 saturated heterocycles. The Balaban J connectivity index is 1.58. The number of carbonyl (C=O) groups is 1. The zero-order valence-electron chi connectivity index (χ0n) is 14.3. The summed E-state index contributed by atoms with van der Waals surface area (Å²) in [6.45, 7) is 5.27. The minimum absolute atomic E-state index is 0.114. The van der Waals surface area contributed by atoms with Crippen molar-refractivity contribution >= 4 is 5.91 Å². The quantitative estimate of drug-likeness (QED) is 0.820. The second-order valence-electron chi connectivity index (χ2n) is 6.97. The second kappa shape index (κ2) is 7.01. The molecule has 3 heterocycles. The van der Waals surface area contributed by atoms with Gasteiger partial charge in [-0.3, -0.25) is 14.4 Å². The highest BCUT2D eigenvalue weighted by Gasteiger charge is 2.46. The van der Waals surface area contributed by atoms with Crippen LogP contribution >= 0.6 is 0 Å². The maximum Gasteiger partial charge on any atom is 0.228 e. The summed E-state index contributed by atoms with van der Waals surface area (Å²) in [7, 11) is 3.64. The minimum Gasteiger partial charge on any atom is -0.383 e. The van der Waals surface area contributed by atoms with Crippen LogP contribution < -0.4 is 0 Å². The topological polar surface area (TPSA) is 50.6 Å². The van der Waals surface area contributed by atoms with Gasteiger partial charge in [0.05, 0.1) is 18.2 Å². The van der Waals surface area contributed by atoms with E-state index in [0.29, 0.717) is 12.5 Å². The Labute approximate surface area is 138 Å². The van der Waals surface area contributed by atoms with Crippen molar-refractivity contribution in [2.24, 2.45) is 12.5 Å². The standard InChI is InChI=1S/C17H28N4O2/c1-19-13-15(12-18-19)14-20-7-3-4-17(5-8-20)6-9-21(16(17)22)10-11-23-2/h12-13H,3-11,14H2,1-2H3. The minimum atomic E-state index is -0.114. The van der Waals surface area contributed by atoms with E-state index < -0.39 is 0 Å². The van der Waals surface area contributed by atoms with Crippen LogP contribution in [0.5, 0.6) is 0 Å². The highest BCUT2D eigenvalue weighted by atomic mass is 16.5. The first-order valence-electron chi connectivity index (χ1n) is 8.61. The average Bonchev–Trinajstić information content (AvgIpc) is 2.99. The van der Waals surface area contributed by atoms with Crippen molar-refractivity contribution in [3.63, 3.8) is 0 Å². The Morgan fingerprint density at radius 3 is 2.83 bits per heavy atom. The van der Waals surface area contributed by atoms with Crippen LogP contribution in [0.15, 0.2) is 12.4 Å². The molecule has 1 amide bonds. The van der Waals surface area contributed by atoms with Crippen LogP contribution in [-0.2, 0) is 23.1 Å². The lowest BCUT2D eigenvalue weighted by molar-refractivity contribution is -0.137. The molecule has 6 heteroatoms. The van der Waals surface area contributed by atoms with E-state index in [-0.39, 0.29) is 5.41 Å². The number of hydrogen-bond acceptors (Lipinski definition) is 4. The van der Waals surface area contributed by atoms with Crippen molar-refractivity contribution in [1.82, 2.24) is 19.6 Å². The Kier molecular flexibility index (Phi) is 5.02. The van der Waals surface area contributed by atoms with E-state index in [1.165, 1.54) is 5.56 Å². The van der Waals surface area contributed by atoms with Crippen LogP contribution in [0, 0.1) is 5.41 Å². The number of likely N-dealkylation sites (tertiary alicyclic amines) is 2. The molecule has 3 rings (SSSR count). The molecule has 0 aromatic carbocycles. The first-order valence-corrected chi connectivity index (χ1v) is 8.61. The summed E-state index contributed by atoms with van der Waals surface area (Å²) in [5, 5.41) is 4.24. The molecule has 2 aliphatic rings.